The summed E-state index contributed by atoms with van der Waals surface area (Å²) in [5.74, 6) is -0.377. The van der Waals surface area contributed by atoms with E-state index >= 15 is 0 Å². The number of hydrogen-bond acceptors (Lipinski definition) is 3. The maximum atomic E-state index is 13.0. The third-order valence-corrected chi connectivity index (χ3v) is 4.46. The molecule has 4 nitrogen and oxygen atoms in total. The molecule has 1 N–H and O–H groups in total. The van der Waals surface area contributed by atoms with E-state index in [4.69, 9.17) is 5.11 Å². The van der Waals surface area contributed by atoms with E-state index in [1.807, 2.05) is 0 Å². The first-order chi connectivity index (χ1) is 8.45. The van der Waals surface area contributed by atoms with Crippen molar-refractivity contribution in [3.05, 3.63) is 35.6 Å². The summed E-state index contributed by atoms with van der Waals surface area (Å²) >= 11 is 0. The lowest BCUT2D eigenvalue weighted by Crippen LogP contribution is -2.29. The van der Waals surface area contributed by atoms with Crippen molar-refractivity contribution in [2.75, 3.05) is 19.4 Å². The molecular weight excluding hydrogens is 257 g/mol. The first-order valence-corrected chi connectivity index (χ1v) is 7.36. The molecule has 0 heterocycles. The number of sulfonamides is 1. The molecule has 1 rings (SSSR count). The zero-order valence-electron chi connectivity index (χ0n) is 10.3. The van der Waals surface area contributed by atoms with Crippen LogP contribution in [0.25, 0.3) is 0 Å². The highest BCUT2D eigenvalue weighted by atomic mass is 32.2. The van der Waals surface area contributed by atoms with Gasteiger partial charge in [-0.1, -0.05) is 12.1 Å². The maximum Gasteiger partial charge on any atom is 0.214 e. The monoisotopic (exact) mass is 275 g/mol. The third-order valence-electron chi connectivity index (χ3n) is 2.58. The minimum absolute atomic E-state index is 0.000619. The molecular formula is C12H18FNO3S. The van der Waals surface area contributed by atoms with Gasteiger partial charge in [0.05, 0.1) is 5.75 Å². The number of halogens is 1. The van der Waals surface area contributed by atoms with E-state index in [0.29, 0.717) is 18.4 Å². The Bertz CT molecular complexity index is 476. The van der Waals surface area contributed by atoms with Gasteiger partial charge in [0.2, 0.25) is 10.0 Å². The van der Waals surface area contributed by atoms with Gasteiger partial charge in [0, 0.05) is 20.2 Å². The molecule has 0 aromatic heterocycles. The standard InChI is InChI=1S/C12H18FNO3S/c1-14(18(16,17)8-3-2-7-15)10-11-5-4-6-12(13)9-11/h4-6,9,15H,2-3,7-8,10H2,1H3. The second kappa shape index (κ2) is 6.82. The number of aliphatic hydroxyl groups excluding tert-OH is 1. The molecule has 0 aliphatic carbocycles. The fourth-order valence-corrected chi connectivity index (χ4v) is 2.77. The quantitative estimate of drug-likeness (QED) is 0.764. The largest absolute Gasteiger partial charge is 0.396 e. The lowest BCUT2D eigenvalue weighted by Gasteiger charge is -2.17. The number of aliphatic hydroxyl groups is 1. The van der Waals surface area contributed by atoms with Gasteiger partial charge in [-0.3, -0.25) is 0 Å². The van der Waals surface area contributed by atoms with Crippen molar-refractivity contribution in [2.45, 2.75) is 19.4 Å². The predicted octanol–water partition coefficient (Wildman–Crippen LogP) is 1.36. The van der Waals surface area contributed by atoms with Crippen LogP contribution in [0.15, 0.2) is 24.3 Å². The van der Waals surface area contributed by atoms with Crippen molar-refractivity contribution in [2.24, 2.45) is 0 Å². The average Bonchev–Trinajstić information content (AvgIpc) is 2.29. The fourth-order valence-electron chi connectivity index (χ4n) is 1.54. The molecule has 6 heteroatoms. The Morgan fingerprint density at radius 2 is 2.06 bits per heavy atom. The van der Waals surface area contributed by atoms with Gasteiger partial charge in [0.1, 0.15) is 5.82 Å². The summed E-state index contributed by atoms with van der Waals surface area (Å²) in [5.41, 5.74) is 0.614. The van der Waals surface area contributed by atoms with Crippen LogP contribution in [0.1, 0.15) is 18.4 Å². The van der Waals surface area contributed by atoms with Gasteiger partial charge >= 0.3 is 0 Å². The van der Waals surface area contributed by atoms with Gasteiger partial charge in [-0.25, -0.2) is 17.1 Å². The molecule has 18 heavy (non-hydrogen) atoms. The van der Waals surface area contributed by atoms with Crippen LogP contribution in [0.3, 0.4) is 0 Å². The molecule has 0 saturated carbocycles. The molecule has 0 bridgehead atoms. The zero-order chi connectivity index (χ0) is 13.6. The fraction of sp³-hybridized carbons (Fsp3) is 0.500. The molecule has 102 valence electrons. The first kappa shape index (κ1) is 15.1. The third kappa shape index (κ3) is 4.72. The Labute approximate surface area is 107 Å². The number of rotatable bonds is 7. The Morgan fingerprint density at radius 1 is 1.33 bits per heavy atom. The molecule has 1 aromatic carbocycles. The van der Waals surface area contributed by atoms with Crippen molar-refractivity contribution in [3.8, 4) is 0 Å². The van der Waals surface area contributed by atoms with Crippen LogP contribution in [-0.4, -0.2) is 37.2 Å². The summed E-state index contributed by atoms with van der Waals surface area (Å²) < 4.78 is 37.9. The van der Waals surface area contributed by atoms with Crippen LogP contribution in [-0.2, 0) is 16.6 Å². The lowest BCUT2D eigenvalue weighted by molar-refractivity contribution is 0.287. The number of hydrogen-bond donors (Lipinski definition) is 1. The average molecular weight is 275 g/mol. The number of benzene rings is 1. The van der Waals surface area contributed by atoms with Crippen molar-refractivity contribution < 1.29 is 17.9 Å². The molecule has 0 fully saturated rings. The Balaban J connectivity index is 2.61. The maximum absolute atomic E-state index is 13.0. The molecule has 0 aliphatic heterocycles. The van der Waals surface area contributed by atoms with E-state index in [1.165, 1.54) is 23.5 Å². The van der Waals surface area contributed by atoms with Gasteiger partial charge in [0.25, 0.3) is 0 Å². The van der Waals surface area contributed by atoms with Crippen molar-refractivity contribution in [3.63, 3.8) is 0 Å². The van der Waals surface area contributed by atoms with Crippen molar-refractivity contribution in [1.82, 2.24) is 4.31 Å². The van der Waals surface area contributed by atoms with Crippen molar-refractivity contribution in [1.29, 1.82) is 0 Å². The second-order valence-corrected chi connectivity index (χ2v) is 6.33. The van der Waals surface area contributed by atoms with E-state index in [2.05, 4.69) is 0 Å². The van der Waals surface area contributed by atoms with Crippen LogP contribution < -0.4 is 0 Å². The zero-order valence-corrected chi connectivity index (χ0v) is 11.2. The van der Waals surface area contributed by atoms with Crippen molar-refractivity contribution >= 4 is 10.0 Å². The molecule has 0 atom stereocenters. The molecule has 0 aliphatic rings. The lowest BCUT2D eigenvalue weighted by atomic mass is 10.2. The predicted molar refractivity (Wildman–Crippen MR) is 68.0 cm³/mol. The summed E-state index contributed by atoms with van der Waals surface area (Å²) in [5, 5.41) is 8.62. The van der Waals surface area contributed by atoms with E-state index < -0.39 is 10.0 Å². The second-order valence-electron chi connectivity index (χ2n) is 4.13. The Kier molecular flexibility index (Phi) is 5.71. The smallest absolute Gasteiger partial charge is 0.214 e. The summed E-state index contributed by atoms with van der Waals surface area (Å²) in [4.78, 5) is 0. The van der Waals surface area contributed by atoms with E-state index in [0.717, 1.165) is 0 Å². The molecule has 1 aromatic rings. The van der Waals surface area contributed by atoms with Crippen LogP contribution >= 0.6 is 0 Å². The Morgan fingerprint density at radius 3 is 2.67 bits per heavy atom. The highest BCUT2D eigenvalue weighted by molar-refractivity contribution is 7.89. The van der Waals surface area contributed by atoms with E-state index in [-0.39, 0.29) is 24.7 Å². The van der Waals surface area contributed by atoms with Crippen LogP contribution in [0.5, 0.6) is 0 Å². The van der Waals surface area contributed by atoms with Gasteiger partial charge in [0.15, 0.2) is 0 Å². The minimum atomic E-state index is -3.34. The first-order valence-electron chi connectivity index (χ1n) is 5.75. The summed E-state index contributed by atoms with van der Waals surface area (Å²) in [6.45, 7) is 0.141. The van der Waals surface area contributed by atoms with Gasteiger partial charge < -0.3 is 5.11 Å². The Hall–Kier alpha value is -0.980. The van der Waals surface area contributed by atoms with Crippen LogP contribution in [0, 0.1) is 5.82 Å². The van der Waals surface area contributed by atoms with Gasteiger partial charge in [-0.05, 0) is 30.5 Å². The summed E-state index contributed by atoms with van der Waals surface area (Å²) in [6, 6.07) is 5.87. The van der Waals surface area contributed by atoms with Gasteiger partial charge in [-0.2, -0.15) is 0 Å². The number of nitrogens with zero attached hydrogens (tertiary/aromatic N) is 1. The molecule has 0 amide bonds. The number of unbranched alkanes of at least 4 members (excludes halogenated alkanes) is 1. The highest BCUT2D eigenvalue weighted by Gasteiger charge is 2.17. The normalized spacial score (nSPS) is 12.0. The van der Waals surface area contributed by atoms with E-state index in [9.17, 15) is 12.8 Å². The molecule has 0 unspecified atom stereocenters. The SMILES string of the molecule is CN(Cc1cccc(F)c1)S(=O)(=O)CCCCO. The summed E-state index contributed by atoms with van der Waals surface area (Å²) in [6.07, 6.45) is 0.888. The molecule has 0 radical (unpaired) electrons. The van der Waals surface area contributed by atoms with Gasteiger partial charge in [-0.15, -0.1) is 0 Å². The topological polar surface area (TPSA) is 57.6 Å². The molecule has 0 saturated heterocycles. The highest BCUT2D eigenvalue weighted by Crippen LogP contribution is 2.10. The van der Waals surface area contributed by atoms with Crippen LogP contribution in [0.2, 0.25) is 0 Å². The molecule has 0 spiro atoms. The van der Waals surface area contributed by atoms with Crippen LogP contribution in [0.4, 0.5) is 4.39 Å². The van der Waals surface area contributed by atoms with E-state index in [1.54, 1.807) is 12.1 Å². The minimum Gasteiger partial charge on any atom is -0.396 e. The summed E-state index contributed by atoms with van der Waals surface area (Å²) in [7, 11) is -1.87.